The average molecular weight is 402 g/mol. The van der Waals surface area contributed by atoms with Crippen molar-refractivity contribution in [2.75, 3.05) is 6.61 Å². The summed E-state index contributed by atoms with van der Waals surface area (Å²) in [6.45, 7) is 3.85. The second-order valence-corrected chi connectivity index (χ2v) is 6.66. The van der Waals surface area contributed by atoms with Gasteiger partial charge < -0.3 is 9.47 Å². The maximum Gasteiger partial charge on any atom is 0.343 e. The highest BCUT2D eigenvalue weighted by Crippen LogP contribution is 2.16. The fourth-order valence-corrected chi connectivity index (χ4v) is 2.56. The van der Waals surface area contributed by atoms with Gasteiger partial charge in [0.05, 0.1) is 11.8 Å². The number of ether oxygens (including phenoxy) is 2. The topological polar surface area (TPSA) is 77.0 Å². The first-order chi connectivity index (χ1) is 14.5. The highest BCUT2D eigenvalue weighted by molar-refractivity contribution is 5.91. The van der Waals surface area contributed by atoms with Crippen molar-refractivity contribution >= 4 is 18.1 Å². The second-order valence-electron chi connectivity index (χ2n) is 6.66. The number of benzene rings is 3. The van der Waals surface area contributed by atoms with Crippen LogP contribution in [-0.2, 0) is 4.79 Å². The molecule has 0 spiro atoms. The minimum atomic E-state index is -0.443. The average Bonchev–Trinajstić information content (AvgIpc) is 2.75. The van der Waals surface area contributed by atoms with Gasteiger partial charge in [-0.2, -0.15) is 5.10 Å². The summed E-state index contributed by atoms with van der Waals surface area (Å²) in [4.78, 5) is 24.0. The molecule has 1 amide bonds. The van der Waals surface area contributed by atoms with Gasteiger partial charge in [0.1, 0.15) is 11.5 Å². The first kappa shape index (κ1) is 20.8. The summed E-state index contributed by atoms with van der Waals surface area (Å²) in [5.41, 5.74) is 5.80. The van der Waals surface area contributed by atoms with Crippen LogP contribution < -0.4 is 14.9 Å². The number of esters is 1. The van der Waals surface area contributed by atoms with Crippen molar-refractivity contribution in [3.63, 3.8) is 0 Å². The van der Waals surface area contributed by atoms with Crippen molar-refractivity contribution in [1.82, 2.24) is 5.43 Å². The van der Waals surface area contributed by atoms with Gasteiger partial charge in [0.15, 0.2) is 6.61 Å². The molecule has 3 aromatic carbocycles. The van der Waals surface area contributed by atoms with Gasteiger partial charge in [-0.05, 0) is 66.9 Å². The zero-order valence-electron chi connectivity index (χ0n) is 16.8. The van der Waals surface area contributed by atoms with E-state index in [4.69, 9.17) is 9.47 Å². The van der Waals surface area contributed by atoms with E-state index in [9.17, 15) is 9.59 Å². The van der Waals surface area contributed by atoms with E-state index in [0.29, 0.717) is 22.6 Å². The third-order valence-electron chi connectivity index (χ3n) is 4.33. The van der Waals surface area contributed by atoms with Crippen molar-refractivity contribution in [1.29, 1.82) is 0 Å². The smallest absolute Gasteiger partial charge is 0.343 e. The molecule has 0 atom stereocenters. The summed E-state index contributed by atoms with van der Waals surface area (Å²) < 4.78 is 10.8. The van der Waals surface area contributed by atoms with Gasteiger partial charge in [-0.3, -0.25) is 4.79 Å². The van der Waals surface area contributed by atoms with Gasteiger partial charge >= 0.3 is 5.97 Å². The predicted molar refractivity (Wildman–Crippen MR) is 115 cm³/mol. The van der Waals surface area contributed by atoms with Crippen LogP contribution in [0.5, 0.6) is 11.5 Å². The molecule has 6 nitrogen and oxygen atoms in total. The zero-order chi connectivity index (χ0) is 21.3. The van der Waals surface area contributed by atoms with Crippen LogP contribution in [0, 0.1) is 13.8 Å². The minimum absolute atomic E-state index is 0.144. The van der Waals surface area contributed by atoms with Crippen molar-refractivity contribution in [3.05, 3.63) is 95.1 Å². The molecule has 0 aromatic heterocycles. The molecular formula is C24H22N2O4. The van der Waals surface area contributed by atoms with Crippen molar-refractivity contribution < 1.29 is 19.1 Å². The van der Waals surface area contributed by atoms with E-state index in [1.807, 2.05) is 38.1 Å². The largest absolute Gasteiger partial charge is 0.484 e. The number of aryl methyl sites for hydroxylation is 2. The Balaban J connectivity index is 1.50. The molecule has 0 aliphatic carbocycles. The molecule has 0 aliphatic heterocycles. The van der Waals surface area contributed by atoms with E-state index < -0.39 is 5.97 Å². The van der Waals surface area contributed by atoms with Crippen LogP contribution in [-0.4, -0.2) is 24.7 Å². The molecule has 3 rings (SSSR count). The Morgan fingerprint density at radius 1 is 0.900 bits per heavy atom. The van der Waals surface area contributed by atoms with Crippen LogP contribution >= 0.6 is 0 Å². The Morgan fingerprint density at radius 2 is 1.70 bits per heavy atom. The highest BCUT2D eigenvalue weighted by atomic mass is 16.5. The van der Waals surface area contributed by atoms with Crippen LogP contribution in [0.3, 0.4) is 0 Å². The fourth-order valence-electron chi connectivity index (χ4n) is 2.56. The van der Waals surface area contributed by atoms with E-state index >= 15 is 0 Å². The molecule has 3 aromatic rings. The molecule has 0 fully saturated rings. The number of hydrogen-bond donors (Lipinski definition) is 1. The summed E-state index contributed by atoms with van der Waals surface area (Å²) in [5, 5.41) is 3.92. The predicted octanol–water partition coefficient (Wildman–Crippen LogP) is 4.05. The van der Waals surface area contributed by atoms with Gasteiger partial charge in [-0.1, -0.05) is 36.4 Å². The lowest BCUT2D eigenvalue weighted by atomic mass is 10.1. The van der Waals surface area contributed by atoms with Gasteiger partial charge in [0, 0.05) is 0 Å². The number of rotatable bonds is 7. The minimum Gasteiger partial charge on any atom is -0.484 e. The highest BCUT2D eigenvalue weighted by Gasteiger charge is 2.08. The lowest BCUT2D eigenvalue weighted by Crippen LogP contribution is -2.24. The van der Waals surface area contributed by atoms with Crippen LogP contribution in [0.4, 0.5) is 0 Å². The Kier molecular flexibility index (Phi) is 6.95. The molecule has 6 heteroatoms. The fraction of sp³-hybridized carbons (Fsp3) is 0.125. The third kappa shape index (κ3) is 6.04. The van der Waals surface area contributed by atoms with Crippen LogP contribution in [0.15, 0.2) is 77.9 Å². The third-order valence-corrected chi connectivity index (χ3v) is 4.33. The van der Waals surface area contributed by atoms with Crippen LogP contribution in [0.2, 0.25) is 0 Å². The van der Waals surface area contributed by atoms with Crippen molar-refractivity contribution in [2.45, 2.75) is 13.8 Å². The maximum absolute atomic E-state index is 12.1. The summed E-state index contributed by atoms with van der Waals surface area (Å²) in [7, 11) is 0. The lowest BCUT2D eigenvalue weighted by Gasteiger charge is -2.07. The number of nitrogens with one attached hydrogen (secondary N) is 1. The molecule has 30 heavy (non-hydrogen) atoms. The number of hydrogen-bond acceptors (Lipinski definition) is 5. The van der Waals surface area contributed by atoms with Gasteiger partial charge in [0.2, 0.25) is 0 Å². The number of carbonyl (C=O) groups excluding carboxylic acids is 2. The molecule has 0 saturated carbocycles. The molecular weight excluding hydrogens is 380 g/mol. The standard InChI is InChI=1S/C24H22N2O4/c1-17-11-12-21(13-18(17)2)29-16-23(27)26-25-15-19-7-6-10-22(14-19)30-24(28)20-8-4-3-5-9-20/h3-15H,16H2,1-2H3,(H,26,27)/b25-15-. The molecule has 152 valence electrons. The summed E-state index contributed by atoms with van der Waals surface area (Å²) in [6, 6.07) is 21.2. The number of amides is 1. The Labute approximate surface area is 175 Å². The first-order valence-electron chi connectivity index (χ1n) is 9.40. The molecule has 0 unspecified atom stereocenters. The number of nitrogens with zero attached hydrogens (tertiary/aromatic N) is 1. The quantitative estimate of drug-likeness (QED) is 0.280. The van der Waals surface area contributed by atoms with E-state index in [-0.39, 0.29) is 12.5 Å². The summed E-state index contributed by atoms with van der Waals surface area (Å²) >= 11 is 0. The van der Waals surface area contributed by atoms with Gasteiger partial charge in [-0.25, -0.2) is 10.2 Å². The number of hydrazone groups is 1. The van der Waals surface area contributed by atoms with Gasteiger partial charge in [-0.15, -0.1) is 0 Å². The van der Waals surface area contributed by atoms with Crippen LogP contribution in [0.25, 0.3) is 0 Å². The first-order valence-corrected chi connectivity index (χ1v) is 9.40. The molecule has 0 saturated heterocycles. The Hall–Kier alpha value is -3.93. The van der Waals surface area contributed by atoms with Crippen molar-refractivity contribution in [3.8, 4) is 11.5 Å². The molecule has 0 aliphatic rings. The maximum atomic E-state index is 12.1. The monoisotopic (exact) mass is 402 g/mol. The van der Waals surface area contributed by atoms with E-state index in [2.05, 4.69) is 10.5 Å². The molecule has 0 radical (unpaired) electrons. The van der Waals surface area contributed by atoms with Gasteiger partial charge in [0.25, 0.3) is 5.91 Å². The normalized spacial score (nSPS) is 10.6. The Morgan fingerprint density at radius 3 is 2.47 bits per heavy atom. The number of carbonyl (C=O) groups is 2. The lowest BCUT2D eigenvalue weighted by molar-refractivity contribution is -0.123. The second kappa shape index (κ2) is 10.0. The summed E-state index contributed by atoms with van der Waals surface area (Å²) in [5.74, 6) is 0.194. The SMILES string of the molecule is Cc1ccc(OCC(=O)N/N=C\c2cccc(OC(=O)c3ccccc3)c2)cc1C. The van der Waals surface area contributed by atoms with E-state index in [1.165, 1.54) is 6.21 Å². The molecule has 1 N–H and O–H groups in total. The Bertz CT molecular complexity index is 1060. The zero-order valence-corrected chi connectivity index (χ0v) is 16.8. The molecule has 0 bridgehead atoms. The molecule has 0 heterocycles. The van der Waals surface area contributed by atoms with E-state index in [1.54, 1.807) is 48.5 Å². The summed E-state index contributed by atoms with van der Waals surface area (Å²) in [6.07, 6.45) is 1.47. The van der Waals surface area contributed by atoms with E-state index in [0.717, 1.165) is 11.1 Å². The van der Waals surface area contributed by atoms with Crippen molar-refractivity contribution in [2.24, 2.45) is 5.10 Å². The van der Waals surface area contributed by atoms with Crippen LogP contribution in [0.1, 0.15) is 27.0 Å².